The molecule has 3 aromatic rings. The summed E-state index contributed by atoms with van der Waals surface area (Å²) in [6.07, 6.45) is -4.55. The van der Waals surface area contributed by atoms with E-state index < -0.39 is 23.6 Å². The van der Waals surface area contributed by atoms with Crippen molar-refractivity contribution in [3.63, 3.8) is 0 Å². The highest BCUT2D eigenvalue weighted by molar-refractivity contribution is 6.46. The van der Waals surface area contributed by atoms with Gasteiger partial charge in [-0.25, -0.2) is 4.90 Å². The summed E-state index contributed by atoms with van der Waals surface area (Å²) in [7, 11) is 1.50. The maximum absolute atomic E-state index is 13.3. The lowest BCUT2D eigenvalue weighted by Gasteiger charge is -2.15. The van der Waals surface area contributed by atoms with Crippen LogP contribution < -0.4 is 15.0 Å². The van der Waals surface area contributed by atoms with E-state index >= 15 is 0 Å². The lowest BCUT2D eigenvalue weighted by Crippen LogP contribution is -2.32. The first-order valence-corrected chi connectivity index (χ1v) is 9.56. The summed E-state index contributed by atoms with van der Waals surface area (Å²) < 4.78 is 44.5. The second-order valence-electron chi connectivity index (χ2n) is 6.96. The van der Waals surface area contributed by atoms with Gasteiger partial charge in [0.05, 0.1) is 23.9 Å². The monoisotopic (exact) mass is 438 g/mol. The topological polar surface area (TPSA) is 58.6 Å². The normalized spacial score (nSPS) is 14.2. The smallest absolute Gasteiger partial charge is 0.416 e. The Morgan fingerprint density at radius 2 is 1.53 bits per heavy atom. The van der Waals surface area contributed by atoms with Crippen molar-refractivity contribution in [1.29, 1.82) is 0 Å². The minimum atomic E-state index is -4.55. The molecule has 0 unspecified atom stereocenters. The number of anilines is 2. The minimum absolute atomic E-state index is 0.0388. The predicted molar refractivity (Wildman–Crippen MR) is 114 cm³/mol. The lowest BCUT2D eigenvalue weighted by molar-refractivity contribution is -0.137. The van der Waals surface area contributed by atoms with Crippen molar-refractivity contribution >= 4 is 28.8 Å². The zero-order valence-corrected chi connectivity index (χ0v) is 16.8. The van der Waals surface area contributed by atoms with E-state index in [1.807, 2.05) is 0 Å². The van der Waals surface area contributed by atoms with Gasteiger partial charge in [0, 0.05) is 5.69 Å². The Balaban J connectivity index is 1.81. The number of hydrogen-bond acceptors (Lipinski definition) is 4. The van der Waals surface area contributed by atoms with Gasteiger partial charge in [0.1, 0.15) is 11.4 Å². The third kappa shape index (κ3) is 3.94. The molecule has 0 bridgehead atoms. The van der Waals surface area contributed by atoms with Gasteiger partial charge in [-0.05, 0) is 48.0 Å². The summed E-state index contributed by atoms with van der Waals surface area (Å²) >= 11 is 0. The molecule has 1 N–H and O–H groups in total. The van der Waals surface area contributed by atoms with Crippen LogP contribution in [0.1, 0.15) is 11.1 Å². The van der Waals surface area contributed by atoms with Gasteiger partial charge in [0.2, 0.25) is 0 Å². The quantitative estimate of drug-likeness (QED) is 0.563. The fraction of sp³-hybridized carbons (Fsp3) is 0.0833. The van der Waals surface area contributed by atoms with E-state index in [0.717, 1.165) is 17.0 Å². The molecule has 0 aromatic heterocycles. The number of rotatable bonds is 5. The highest BCUT2D eigenvalue weighted by atomic mass is 19.4. The molecule has 4 rings (SSSR count). The van der Waals surface area contributed by atoms with Crippen LogP contribution in [0.5, 0.6) is 5.75 Å². The van der Waals surface area contributed by atoms with E-state index in [4.69, 9.17) is 4.74 Å². The van der Waals surface area contributed by atoms with Crippen molar-refractivity contribution in [3.05, 3.63) is 95.7 Å². The number of halogens is 3. The standard InChI is InChI=1S/C24H17F3N2O3/c1-32-19-12-10-15(11-13-19)20-21(28-17-7-5-6-16(14-17)24(25,26)27)23(31)29(22(20)30)18-8-3-2-4-9-18/h2-14,28H,1H3. The van der Waals surface area contributed by atoms with E-state index in [0.29, 0.717) is 17.0 Å². The number of nitrogens with one attached hydrogen (secondary N) is 1. The zero-order valence-electron chi connectivity index (χ0n) is 16.8. The van der Waals surface area contributed by atoms with Gasteiger partial charge in [-0.3, -0.25) is 9.59 Å². The fourth-order valence-electron chi connectivity index (χ4n) is 3.40. The van der Waals surface area contributed by atoms with Gasteiger partial charge in [0.15, 0.2) is 0 Å². The molecule has 32 heavy (non-hydrogen) atoms. The largest absolute Gasteiger partial charge is 0.497 e. The molecule has 162 valence electrons. The summed E-state index contributed by atoms with van der Waals surface area (Å²) in [5.74, 6) is -0.691. The van der Waals surface area contributed by atoms with E-state index in [-0.39, 0.29) is 17.0 Å². The van der Waals surface area contributed by atoms with Gasteiger partial charge in [-0.2, -0.15) is 13.2 Å². The second-order valence-corrected chi connectivity index (χ2v) is 6.96. The van der Waals surface area contributed by atoms with Crippen molar-refractivity contribution in [1.82, 2.24) is 0 Å². The zero-order chi connectivity index (χ0) is 22.9. The Morgan fingerprint density at radius 3 is 2.16 bits per heavy atom. The SMILES string of the molecule is COc1ccc(C2=C(Nc3cccc(C(F)(F)F)c3)C(=O)N(c3ccccc3)C2=O)cc1. The summed E-state index contributed by atoms with van der Waals surface area (Å²) in [6, 6.07) is 19.3. The molecule has 8 heteroatoms. The second kappa shape index (κ2) is 8.22. The number of benzene rings is 3. The molecule has 2 amide bonds. The number of para-hydroxylation sites is 1. The van der Waals surface area contributed by atoms with Crippen molar-refractivity contribution < 1.29 is 27.5 Å². The lowest BCUT2D eigenvalue weighted by atomic mass is 10.0. The van der Waals surface area contributed by atoms with Crippen LogP contribution >= 0.6 is 0 Å². The van der Waals surface area contributed by atoms with Crippen LogP contribution in [0, 0.1) is 0 Å². The molecular formula is C24H17F3N2O3. The average molecular weight is 438 g/mol. The fourth-order valence-corrected chi connectivity index (χ4v) is 3.40. The van der Waals surface area contributed by atoms with Gasteiger partial charge >= 0.3 is 6.18 Å². The average Bonchev–Trinajstić information content (AvgIpc) is 3.03. The van der Waals surface area contributed by atoms with Gasteiger partial charge < -0.3 is 10.1 Å². The number of methoxy groups -OCH3 is 1. The Bertz CT molecular complexity index is 1200. The molecule has 0 spiro atoms. The van der Waals surface area contributed by atoms with Crippen LogP contribution in [0.15, 0.2) is 84.6 Å². The molecule has 0 saturated heterocycles. The third-order valence-electron chi connectivity index (χ3n) is 4.94. The number of ether oxygens (including phenoxy) is 1. The third-order valence-corrected chi connectivity index (χ3v) is 4.94. The van der Waals surface area contributed by atoms with Crippen molar-refractivity contribution in [2.45, 2.75) is 6.18 Å². The van der Waals surface area contributed by atoms with Crippen LogP contribution in [-0.2, 0) is 15.8 Å². The Morgan fingerprint density at radius 1 is 0.844 bits per heavy atom. The molecule has 0 aliphatic carbocycles. The van der Waals surface area contributed by atoms with Crippen molar-refractivity contribution in [3.8, 4) is 5.75 Å². The molecule has 1 heterocycles. The molecular weight excluding hydrogens is 421 g/mol. The molecule has 1 aliphatic rings. The summed E-state index contributed by atoms with van der Waals surface area (Å²) in [4.78, 5) is 27.5. The molecule has 0 saturated carbocycles. The maximum Gasteiger partial charge on any atom is 0.416 e. The minimum Gasteiger partial charge on any atom is -0.497 e. The van der Waals surface area contributed by atoms with E-state index in [2.05, 4.69) is 5.32 Å². The Kier molecular flexibility index (Phi) is 5.44. The number of nitrogens with zero attached hydrogens (tertiary/aromatic N) is 1. The van der Waals surface area contributed by atoms with E-state index in [1.165, 1.54) is 19.2 Å². The summed E-state index contributed by atoms with van der Waals surface area (Å²) in [5, 5.41) is 2.75. The molecule has 0 fully saturated rings. The van der Waals surface area contributed by atoms with E-state index in [9.17, 15) is 22.8 Å². The van der Waals surface area contributed by atoms with Crippen LogP contribution in [0.2, 0.25) is 0 Å². The maximum atomic E-state index is 13.3. The van der Waals surface area contributed by atoms with Gasteiger partial charge in [0.25, 0.3) is 11.8 Å². The van der Waals surface area contributed by atoms with Crippen molar-refractivity contribution in [2.24, 2.45) is 0 Å². The predicted octanol–water partition coefficient (Wildman–Crippen LogP) is 5.11. The molecule has 5 nitrogen and oxygen atoms in total. The number of carbonyl (C=O) groups is 2. The molecule has 1 aliphatic heterocycles. The van der Waals surface area contributed by atoms with Crippen LogP contribution in [0.4, 0.5) is 24.5 Å². The number of carbonyl (C=O) groups excluding carboxylic acids is 2. The number of imide groups is 1. The summed E-state index contributed by atoms with van der Waals surface area (Å²) in [6.45, 7) is 0. The molecule has 0 radical (unpaired) electrons. The first-order chi connectivity index (χ1) is 15.3. The van der Waals surface area contributed by atoms with Gasteiger partial charge in [-0.15, -0.1) is 0 Å². The first kappa shape index (κ1) is 21.2. The van der Waals surface area contributed by atoms with Crippen molar-refractivity contribution in [2.75, 3.05) is 17.3 Å². The van der Waals surface area contributed by atoms with Crippen LogP contribution in [0.25, 0.3) is 5.57 Å². The van der Waals surface area contributed by atoms with Crippen LogP contribution in [-0.4, -0.2) is 18.9 Å². The summed E-state index contributed by atoms with van der Waals surface area (Å²) in [5.41, 5.74) is -0.101. The Hall–Kier alpha value is -4.07. The molecule has 0 atom stereocenters. The van der Waals surface area contributed by atoms with E-state index in [1.54, 1.807) is 54.6 Å². The highest BCUT2D eigenvalue weighted by Gasteiger charge is 2.40. The number of alkyl halides is 3. The van der Waals surface area contributed by atoms with Crippen LogP contribution in [0.3, 0.4) is 0 Å². The molecule has 3 aromatic carbocycles. The Labute approximate surface area is 181 Å². The first-order valence-electron chi connectivity index (χ1n) is 9.56. The highest BCUT2D eigenvalue weighted by Crippen LogP contribution is 2.35. The number of amides is 2. The number of hydrogen-bond donors (Lipinski definition) is 1. The van der Waals surface area contributed by atoms with Gasteiger partial charge in [-0.1, -0.05) is 36.4 Å².